The van der Waals surface area contributed by atoms with Crippen molar-refractivity contribution in [1.82, 2.24) is 20.7 Å². The van der Waals surface area contributed by atoms with Crippen LogP contribution in [0.1, 0.15) is 59.5 Å². The van der Waals surface area contributed by atoms with Gasteiger partial charge in [0.2, 0.25) is 5.91 Å². The van der Waals surface area contributed by atoms with Crippen molar-refractivity contribution in [3.63, 3.8) is 0 Å². The first-order valence-electron chi connectivity index (χ1n) is 12.1. The van der Waals surface area contributed by atoms with Crippen LogP contribution < -0.4 is 10.6 Å². The number of amides is 2. The molecule has 1 aromatic heterocycles. The molecule has 2 N–H and O–H groups in total. The summed E-state index contributed by atoms with van der Waals surface area (Å²) in [4.78, 5) is 27.0. The average molecular weight is 469 g/mol. The van der Waals surface area contributed by atoms with Gasteiger partial charge in [-0.1, -0.05) is 49.4 Å². The topological polar surface area (TPSA) is 87.5 Å². The van der Waals surface area contributed by atoms with Gasteiger partial charge in [-0.2, -0.15) is 0 Å². The Hall–Kier alpha value is -3.19. The minimum absolute atomic E-state index is 0. The number of carbonyl (C=O) groups is 2. The maximum Gasteiger partial charge on any atom is 0.251 e. The lowest BCUT2D eigenvalue weighted by Gasteiger charge is -2.19. The number of carbonyl (C=O) groups excluding carboxylic acids is 2. The van der Waals surface area contributed by atoms with Crippen LogP contribution in [-0.2, 0) is 4.79 Å². The summed E-state index contributed by atoms with van der Waals surface area (Å²) in [6.07, 6.45) is 7.43. The Kier molecular flexibility index (Phi) is 9.22. The first-order chi connectivity index (χ1) is 16.4. The van der Waals surface area contributed by atoms with E-state index in [0.29, 0.717) is 30.0 Å². The zero-order chi connectivity index (χ0) is 24.5. The molecule has 0 saturated heterocycles. The van der Waals surface area contributed by atoms with E-state index in [-0.39, 0.29) is 26.6 Å². The van der Waals surface area contributed by atoms with E-state index < -0.39 is 0 Å². The Balaban J connectivity index is 0.00000324. The van der Waals surface area contributed by atoms with E-state index in [2.05, 4.69) is 46.7 Å². The van der Waals surface area contributed by atoms with Gasteiger partial charge in [-0.3, -0.25) is 9.59 Å². The van der Waals surface area contributed by atoms with Gasteiger partial charge in [0.15, 0.2) is 5.76 Å². The summed E-state index contributed by atoms with van der Waals surface area (Å²) in [5, 5.41) is 10.2. The third kappa shape index (κ3) is 7.15. The molecule has 3 rings (SSSR count). The number of allylic oxidation sites excluding steroid dienone is 4. The summed E-state index contributed by atoms with van der Waals surface area (Å²) >= 11 is 0. The summed E-state index contributed by atoms with van der Waals surface area (Å²) in [6, 6.07) is 9.29. The molecule has 1 heterocycles. The standard InChI is InChI=1S/C27H36N4O3.2H2/c1-5-31(6-2)14-13-28-26(32)16-20-9-7-11-22(15-20)25-18-24(30-34-25)21-10-8-12-23(17-21)27(33)29-19(3)4;;/h7-8,10-12,15,17-20H,5-6,9,13-14,16H2,1-4H3,(H,28,32)(H,29,33);2*1H. The summed E-state index contributed by atoms with van der Waals surface area (Å²) in [7, 11) is 0. The summed E-state index contributed by atoms with van der Waals surface area (Å²) in [5.41, 5.74) is 2.98. The maximum atomic E-state index is 12.4. The largest absolute Gasteiger partial charge is 0.356 e. The van der Waals surface area contributed by atoms with Gasteiger partial charge in [0.05, 0.1) is 0 Å². The SMILES string of the molecule is CCN(CC)CCNC(=O)CC1C=C(c2cc(-c3cccc(C(=O)NC(C)C)c3)no2)C=CC1.[HH].[HH]. The Morgan fingerprint density at radius 1 is 1.24 bits per heavy atom. The normalized spacial score (nSPS) is 15.5. The van der Waals surface area contributed by atoms with E-state index in [1.165, 1.54) is 0 Å². The van der Waals surface area contributed by atoms with Crippen LogP contribution in [0.4, 0.5) is 0 Å². The molecule has 0 spiro atoms. The van der Waals surface area contributed by atoms with E-state index in [9.17, 15) is 9.59 Å². The van der Waals surface area contributed by atoms with Crippen LogP contribution in [0.15, 0.2) is 53.1 Å². The number of aromatic nitrogens is 1. The van der Waals surface area contributed by atoms with Crippen molar-refractivity contribution in [3.8, 4) is 11.3 Å². The van der Waals surface area contributed by atoms with Gasteiger partial charge in [-0.25, -0.2) is 0 Å². The molecule has 0 fully saturated rings. The van der Waals surface area contributed by atoms with E-state index in [1.807, 2.05) is 44.2 Å². The van der Waals surface area contributed by atoms with Crippen LogP contribution in [0.5, 0.6) is 0 Å². The molecule has 2 aromatic rings. The smallest absolute Gasteiger partial charge is 0.251 e. The number of hydrogen-bond donors (Lipinski definition) is 2. The lowest BCUT2D eigenvalue weighted by molar-refractivity contribution is -0.121. The van der Waals surface area contributed by atoms with Gasteiger partial charge in [-0.05, 0) is 51.4 Å². The highest BCUT2D eigenvalue weighted by atomic mass is 16.5. The highest BCUT2D eigenvalue weighted by Crippen LogP contribution is 2.29. The second kappa shape index (κ2) is 12.3. The third-order valence-electron chi connectivity index (χ3n) is 5.88. The molecular weight excluding hydrogens is 428 g/mol. The summed E-state index contributed by atoms with van der Waals surface area (Å²) < 4.78 is 5.62. The summed E-state index contributed by atoms with van der Waals surface area (Å²) in [6.45, 7) is 11.6. The Bertz CT molecular complexity index is 1050. The van der Waals surface area contributed by atoms with Crippen LogP contribution in [0, 0.1) is 5.92 Å². The first-order valence-corrected chi connectivity index (χ1v) is 12.1. The Morgan fingerprint density at radius 2 is 2.03 bits per heavy atom. The molecule has 1 aliphatic carbocycles. The van der Waals surface area contributed by atoms with E-state index in [4.69, 9.17) is 4.52 Å². The van der Waals surface area contributed by atoms with Crippen LogP contribution >= 0.6 is 0 Å². The lowest BCUT2D eigenvalue weighted by atomic mass is 9.92. The zero-order valence-electron chi connectivity index (χ0n) is 20.6. The average Bonchev–Trinajstić information content (AvgIpc) is 3.32. The van der Waals surface area contributed by atoms with Gasteiger partial charge in [-0.15, -0.1) is 0 Å². The first kappa shape index (κ1) is 25.4. The molecule has 1 aliphatic rings. The van der Waals surface area contributed by atoms with Crippen molar-refractivity contribution < 1.29 is 17.0 Å². The number of likely N-dealkylation sites (N-methyl/N-ethyl adjacent to an activating group) is 1. The predicted molar refractivity (Wildman–Crippen MR) is 139 cm³/mol. The molecule has 0 bridgehead atoms. The zero-order valence-corrected chi connectivity index (χ0v) is 20.6. The number of benzene rings is 1. The van der Waals surface area contributed by atoms with Crippen LogP contribution in [0.3, 0.4) is 0 Å². The van der Waals surface area contributed by atoms with Gasteiger partial charge >= 0.3 is 0 Å². The second-order valence-corrected chi connectivity index (χ2v) is 8.89. The molecule has 2 amide bonds. The van der Waals surface area contributed by atoms with E-state index >= 15 is 0 Å². The van der Waals surface area contributed by atoms with Crippen molar-refractivity contribution in [2.75, 3.05) is 26.2 Å². The van der Waals surface area contributed by atoms with Crippen LogP contribution in [0.25, 0.3) is 16.8 Å². The maximum absolute atomic E-state index is 12.4. The fraction of sp³-hybridized carbons (Fsp3) is 0.444. The van der Waals surface area contributed by atoms with Crippen molar-refractivity contribution in [2.45, 2.75) is 46.6 Å². The third-order valence-corrected chi connectivity index (χ3v) is 5.88. The quantitative estimate of drug-likeness (QED) is 0.496. The molecule has 1 aromatic carbocycles. The number of rotatable bonds is 11. The summed E-state index contributed by atoms with van der Waals surface area (Å²) in [5.74, 6) is 0.717. The van der Waals surface area contributed by atoms with Crippen molar-refractivity contribution in [1.29, 1.82) is 0 Å². The molecule has 34 heavy (non-hydrogen) atoms. The highest BCUT2D eigenvalue weighted by Gasteiger charge is 2.18. The molecule has 186 valence electrons. The van der Waals surface area contributed by atoms with E-state index in [1.54, 1.807) is 6.07 Å². The second-order valence-electron chi connectivity index (χ2n) is 8.89. The monoisotopic (exact) mass is 468 g/mol. The minimum atomic E-state index is -0.114. The molecule has 0 aliphatic heterocycles. The Morgan fingerprint density at radius 3 is 2.76 bits per heavy atom. The molecule has 1 atom stereocenters. The number of nitrogens with zero attached hydrogens (tertiary/aromatic N) is 2. The molecule has 1 unspecified atom stereocenters. The van der Waals surface area contributed by atoms with Crippen molar-refractivity contribution in [2.24, 2.45) is 5.92 Å². The van der Waals surface area contributed by atoms with Gasteiger partial charge in [0, 0.05) is 51.2 Å². The number of hydrogen-bond acceptors (Lipinski definition) is 5. The van der Waals surface area contributed by atoms with Crippen molar-refractivity contribution in [3.05, 3.63) is 59.9 Å². The fourth-order valence-electron chi connectivity index (χ4n) is 3.97. The lowest BCUT2D eigenvalue weighted by Crippen LogP contribution is -2.35. The molecular formula is C27H40N4O3. The highest BCUT2D eigenvalue weighted by molar-refractivity contribution is 5.95. The van der Waals surface area contributed by atoms with Gasteiger partial charge in [0.25, 0.3) is 5.91 Å². The van der Waals surface area contributed by atoms with Crippen molar-refractivity contribution >= 4 is 17.4 Å². The van der Waals surface area contributed by atoms with Crippen LogP contribution in [0.2, 0.25) is 0 Å². The minimum Gasteiger partial charge on any atom is -0.356 e. The Labute approximate surface area is 205 Å². The number of nitrogens with one attached hydrogen (secondary N) is 2. The molecule has 7 nitrogen and oxygen atoms in total. The predicted octanol–water partition coefficient (Wildman–Crippen LogP) is 4.78. The van der Waals surface area contributed by atoms with Gasteiger partial charge in [0.1, 0.15) is 5.69 Å². The molecule has 0 radical (unpaired) electrons. The van der Waals surface area contributed by atoms with Crippen LogP contribution in [-0.4, -0.2) is 54.1 Å². The van der Waals surface area contributed by atoms with Gasteiger partial charge < -0.3 is 20.1 Å². The molecule has 0 saturated carbocycles. The fourth-order valence-corrected chi connectivity index (χ4v) is 3.97. The van der Waals surface area contributed by atoms with E-state index in [0.717, 1.165) is 37.2 Å². The molecule has 7 heteroatoms.